The molecule has 0 saturated carbocycles. The topological polar surface area (TPSA) is 126 Å². The Morgan fingerprint density at radius 1 is 1.03 bits per heavy atom. The van der Waals surface area contributed by atoms with E-state index in [0.29, 0.717) is 65.2 Å². The van der Waals surface area contributed by atoms with E-state index in [1.807, 2.05) is 0 Å². The minimum Gasteiger partial charge on any atom is -0.355 e. The molecule has 38 heavy (non-hydrogen) atoms. The van der Waals surface area contributed by atoms with Gasteiger partial charge in [0.05, 0.1) is 16.6 Å². The first-order valence-corrected chi connectivity index (χ1v) is 11.2. The number of benzene rings is 2. The number of nitrogens with zero attached hydrogens (tertiary/aromatic N) is 4. The summed E-state index contributed by atoms with van der Waals surface area (Å²) in [5.74, 6) is -0.759. The van der Waals surface area contributed by atoms with Gasteiger partial charge in [-0.15, -0.1) is 0 Å². The lowest BCUT2D eigenvalue weighted by atomic mass is 10.1. The van der Waals surface area contributed by atoms with Crippen molar-refractivity contribution in [3.63, 3.8) is 0 Å². The van der Waals surface area contributed by atoms with Gasteiger partial charge in [-0.2, -0.15) is 23.3 Å². The van der Waals surface area contributed by atoms with Gasteiger partial charge in [-0.25, -0.2) is 18.9 Å². The normalized spacial score (nSPS) is 11.3. The number of carbonyl (C=O) groups excluding carboxylic acids is 2. The minimum absolute atomic E-state index is 0.133. The van der Waals surface area contributed by atoms with Gasteiger partial charge in [0.25, 0.3) is 0 Å². The van der Waals surface area contributed by atoms with Crippen molar-refractivity contribution in [2.24, 2.45) is 7.05 Å². The van der Waals surface area contributed by atoms with E-state index in [4.69, 9.17) is 0 Å². The van der Waals surface area contributed by atoms with Gasteiger partial charge in [-0.3, -0.25) is 4.79 Å². The first-order chi connectivity index (χ1) is 18.0. The third-order valence-corrected chi connectivity index (χ3v) is 5.32. The molecule has 0 aliphatic heterocycles. The highest BCUT2D eigenvalue weighted by molar-refractivity contribution is 6.00. The molecule has 4 aromatic rings. The summed E-state index contributed by atoms with van der Waals surface area (Å²) in [6, 6.07) is 7.34. The van der Waals surface area contributed by atoms with Crippen LogP contribution >= 0.6 is 0 Å². The van der Waals surface area contributed by atoms with Gasteiger partial charge in [0.2, 0.25) is 11.9 Å². The van der Waals surface area contributed by atoms with Crippen molar-refractivity contribution in [2.45, 2.75) is 13.1 Å². The Labute approximate surface area is 213 Å². The Bertz CT molecular complexity index is 1490. The molecule has 10 nitrogen and oxygen atoms in total. The summed E-state index contributed by atoms with van der Waals surface area (Å²) < 4.78 is 54.2. The SMILES string of the molecule is CC(=O)NCCNc1ncc2c(-c3ccc(NC(=O)Nc4cc(C(F)(F)F)ccc4F)cc3)nn(C)c2n1. The number of aryl methyl sites for hydroxylation is 1. The minimum atomic E-state index is -4.68. The highest BCUT2D eigenvalue weighted by Gasteiger charge is 2.31. The maximum absolute atomic E-state index is 13.9. The predicted molar refractivity (Wildman–Crippen MR) is 133 cm³/mol. The van der Waals surface area contributed by atoms with Crippen LogP contribution in [-0.4, -0.2) is 44.8 Å². The van der Waals surface area contributed by atoms with Crippen molar-refractivity contribution in [1.29, 1.82) is 0 Å². The molecule has 0 radical (unpaired) electrons. The number of amides is 3. The van der Waals surface area contributed by atoms with Gasteiger partial charge in [-0.1, -0.05) is 12.1 Å². The second-order valence-corrected chi connectivity index (χ2v) is 8.16. The molecular weight excluding hydrogens is 508 g/mol. The summed E-state index contributed by atoms with van der Waals surface area (Å²) in [5.41, 5.74) is 0.494. The molecule has 4 N–H and O–H groups in total. The average Bonchev–Trinajstić information content (AvgIpc) is 3.18. The van der Waals surface area contributed by atoms with Crippen molar-refractivity contribution < 1.29 is 27.2 Å². The quantitative estimate of drug-likeness (QED) is 0.208. The largest absolute Gasteiger partial charge is 0.416 e. The van der Waals surface area contributed by atoms with Gasteiger partial charge < -0.3 is 21.3 Å². The summed E-state index contributed by atoms with van der Waals surface area (Å²) in [6.45, 7) is 2.29. The molecule has 2 heterocycles. The summed E-state index contributed by atoms with van der Waals surface area (Å²) in [7, 11) is 1.73. The van der Waals surface area contributed by atoms with Crippen LogP contribution in [0.2, 0.25) is 0 Å². The molecule has 14 heteroatoms. The van der Waals surface area contributed by atoms with Crippen molar-refractivity contribution in [2.75, 3.05) is 29.0 Å². The molecule has 0 fully saturated rings. The van der Waals surface area contributed by atoms with Crippen LogP contribution in [0.5, 0.6) is 0 Å². The van der Waals surface area contributed by atoms with E-state index in [-0.39, 0.29) is 5.91 Å². The zero-order valence-electron chi connectivity index (χ0n) is 20.2. The predicted octanol–water partition coefficient (Wildman–Crippen LogP) is 4.38. The Balaban J connectivity index is 1.44. The van der Waals surface area contributed by atoms with E-state index in [2.05, 4.69) is 36.3 Å². The molecule has 0 saturated heterocycles. The number of alkyl halides is 3. The standard InChI is InChI=1S/C24H22F4N8O2/c1-13(37)29-9-10-30-22-31-12-17-20(35-36(2)21(17)34-22)14-3-6-16(7-4-14)32-23(38)33-19-11-15(24(26,27)28)5-8-18(19)25/h3-8,11-12H,9-10H2,1-2H3,(H,29,37)(H,30,31,34)(H2,32,33,38). The number of fused-ring (bicyclic) bond motifs is 1. The number of hydrogen-bond donors (Lipinski definition) is 4. The van der Waals surface area contributed by atoms with Crippen molar-refractivity contribution in [3.05, 3.63) is 60.0 Å². The molecule has 4 rings (SSSR count). The molecule has 0 aliphatic rings. The smallest absolute Gasteiger partial charge is 0.355 e. The van der Waals surface area contributed by atoms with Gasteiger partial charge in [0, 0.05) is 44.5 Å². The monoisotopic (exact) mass is 530 g/mol. The number of rotatable bonds is 7. The number of urea groups is 1. The van der Waals surface area contributed by atoms with Gasteiger partial charge in [-0.05, 0) is 30.3 Å². The lowest BCUT2D eigenvalue weighted by Gasteiger charge is -2.12. The van der Waals surface area contributed by atoms with Crippen molar-refractivity contribution >= 4 is 40.3 Å². The number of anilines is 3. The van der Waals surface area contributed by atoms with E-state index < -0.39 is 29.3 Å². The van der Waals surface area contributed by atoms with Crippen LogP contribution in [0, 0.1) is 5.82 Å². The maximum atomic E-state index is 13.9. The van der Waals surface area contributed by atoms with E-state index in [1.165, 1.54) is 6.92 Å². The number of nitrogens with one attached hydrogen (secondary N) is 4. The molecule has 2 aromatic heterocycles. The van der Waals surface area contributed by atoms with Gasteiger partial charge >= 0.3 is 12.2 Å². The fourth-order valence-electron chi connectivity index (χ4n) is 3.54. The van der Waals surface area contributed by atoms with Crippen molar-refractivity contribution in [1.82, 2.24) is 25.1 Å². The lowest BCUT2D eigenvalue weighted by Crippen LogP contribution is -2.26. The number of hydrogen-bond acceptors (Lipinski definition) is 6. The maximum Gasteiger partial charge on any atom is 0.416 e. The Morgan fingerprint density at radius 3 is 2.45 bits per heavy atom. The highest BCUT2D eigenvalue weighted by Crippen LogP contribution is 2.32. The Kier molecular flexibility index (Phi) is 7.41. The Morgan fingerprint density at radius 2 is 1.76 bits per heavy atom. The van der Waals surface area contributed by atoms with Crippen LogP contribution in [0.3, 0.4) is 0 Å². The van der Waals surface area contributed by atoms with Crippen LogP contribution in [0.4, 0.5) is 39.7 Å². The fraction of sp³-hybridized carbons (Fsp3) is 0.208. The zero-order valence-corrected chi connectivity index (χ0v) is 20.2. The molecule has 0 unspecified atom stereocenters. The molecule has 0 bridgehead atoms. The molecular formula is C24H22F4N8O2. The van der Waals surface area contributed by atoms with E-state index >= 15 is 0 Å². The second-order valence-electron chi connectivity index (χ2n) is 8.16. The van der Waals surface area contributed by atoms with Gasteiger partial charge in [0.1, 0.15) is 11.5 Å². The Hall–Kier alpha value is -4.75. The summed E-state index contributed by atoms with van der Waals surface area (Å²) in [6.07, 6.45) is -3.06. The summed E-state index contributed by atoms with van der Waals surface area (Å²) in [4.78, 5) is 32.0. The van der Waals surface area contributed by atoms with Crippen LogP contribution in [0.1, 0.15) is 12.5 Å². The van der Waals surface area contributed by atoms with Crippen molar-refractivity contribution in [3.8, 4) is 11.3 Å². The highest BCUT2D eigenvalue weighted by atomic mass is 19.4. The molecule has 198 valence electrons. The molecule has 0 aliphatic carbocycles. The van der Waals surface area contributed by atoms with Crippen LogP contribution in [0.25, 0.3) is 22.3 Å². The van der Waals surface area contributed by atoms with Crippen LogP contribution in [0.15, 0.2) is 48.7 Å². The molecule has 3 amide bonds. The van der Waals surface area contributed by atoms with Gasteiger partial charge in [0.15, 0.2) is 5.65 Å². The third-order valence-electron chi connectivity index (χ3n) is 5.32. The fourth-order valence-corrected chi connectivity index (χ4v) is 3.54. The second kappa shape index (κ2) is 10.7. The van der Waals surface area contributed by atoms with Crippen LogP contribution in [-0.2, 0) is 18.0 Å². The molecule has 0 spiro atoms. The zero-order chi connectivity index (χ0) is 27.4. The lowest BCUT2D eigenvalue weighted by molar-refractivity contribution is -0.137. The van der Waals surface area contributed by atoms with E-state index in [1.54, 1.807) is 42.2 Å². The first kappa shape index (κ1) is 26.3. The summed E-state index contributed by atoms with van der Waals surface area (Å²) >= 11 is 0. The number of halogens is 4. The number of carbonyl (C=O) groups is 2. The third kappa shape index (κ3) is 6.14. The summed E-state index contributed by atoms with van der Waals surface area (Å²) in [5, 5.41) is 15.4. The number of aromatic nitrogens is 4. The molecule has 0 atom stereocenters. The van der Waals surface area contributed by atoms with E-state index in [0.717, 1.165) is 0 Å². The first-order valence-electron chi connectivity index (χ1n) is 11.2. The van der Waals surface area contributed by atoms with E-state index in [9.17, 15) is 27.2 Å². The van der Waals surface area contributed by atoms with Crippen LogP contribution < -0.4 is 21.3 Å². The average molecular weight is 530 g/mol. The molecule has 2 aromatic carbocycles.